The summed E-state index contributed by atoms with van der Waals surface area (Å²) in [5.41, 5.74) is 1.73. The molecule has 3 rings (SSSR count). The molecule has 4 nitrogen and oxygen atoms in total. The number of fused-ring (bicyclic) bond motifs is 1. The molecule has 0 bridgehead atoms. The number of nitrogens with zero attached hydrogens (tertiary/aromatic N) is 1. The summed E-state index contributed by atoms with van der Waals surface area (Å²) < 4.78 is 5.22. The molecule has 0 atom stereocenters. The lowest BCUT2D eigenvalue weighted by Gasteiger charge is -2.08. The number of aromatic nitrogens is 1. The molecule has 1 aromatic heterocycles. The van der Waals surface area contributed by atoms with E-state index in [1.807, 2.05) is 42.5 Å². The minimum atomic E-state index is -0.259. The maximum absolute atomic E-state index is 11.8. The van der Waals surface area contributed by atoms with Crippen LogP contribution in [0, 0.1) is 0 Å². The summed E-state index contributed by atoms with van der Waals surface area (Å²) in [6, 6.07) is 9.89. The van der Waals surface area contributed by atoms with E-state index in [4.69, 9.17) is 4.52 Å². The molecule has 0 saturated heterocycles. The maximum atomic E-state index is 11.8. The fraction of sp³-hybridized carbons (Fsp3) is 0.200. The zero-order valence-corrected chi connectivity index (χ0v) is 10.4. The van der Waals surface area contributed by atoms with E-state index < -0.39 is 0 Å². The predicted octanol–water partition coefficient (Wildman–Crippen LogP) is 1.72. The van der Waals surface area contributed by atoms with Gasteiger partial charge in [0.1, 0.15) is 11.1 Å². The smallest absolute Gasteiger partial charge is 0.302 e. The van der Waals surface area contributed by atoms with Crippen molar-refractivity contribution in [3.05, 3.63) is 75.1 Å². The van der Waals surface area contributed by atoms with E-state index in [0.29, 0.717) is 24.7 Å². The average Bonchev–Trinajstić information content (AvgIpc) is 2.47. The van der Waals surface area contributed by atoms with Crippen LogP contribution in [-0.2, 0) is 19.4 Å². The maximum Gasteiger partial charge on any atom is 0.302 e. The molecule has 0 unspecified atom stereocenters. The Kier molecular flexibility index (Phi) is 3.14. The summed E-state index contributed by atoms with van der Waals surface area (Å²) in [5.74, 6) is 0.800. The van der Waals surface area contributed by atoms with Crippen LogP contribution in [0.2, 0.25) is 0 Å². The van der Waals surface area contributed by atoms with E-state index in [0.717, 1.165) is 16.9 Å². The number of benzene rings is 1. The van der Waals surface area contributed by atoms with Crippen LogP contribution in [0.4, 0.5) is 0 Å². The predicted molar refractivity (Wildman–Crippen MR) is 71.6 cm³/mol. The third-order valence-corrected chi connectivity index (χ3v) is 3.16. The zero-order chi connectivity index (χ0) is 13.1. The van der Waals surface area contributed by atoms with Crippen LogP contribution in [0.25, 0.3) is 0 Å². The molecule has 0 spiro atoms. The van der Waals surface area contributed by atoms with Crippen molar-refractivity contribution in [2.45, 2.75) is 19.4 Å². The van der Waals surface area contributed by atoms with E-state index in [1.54, 1.807) is 0 Å². The second-order valence-electron chi connectivity index (χ2n) is 4.47. The topological polar surface area (TPSA) is 58.4 Å². The first-order chi connectivity index (χ1) is 9.34. The van der Waals surface area contributed by atoms with Crippen LogP contribution >= 0.6 is 0 Å². The molecule has 0 fully saturated rings. The number of nitrogens with one attached hydrogen (secondary N) is 1. The highest BCUT2D eigenvalue weighted by molar-refractivity contribution is 5.24. The highest BCUT2D eigenvalue weighted by atomic mass is 16.5. The molecule has 1 aliphatic rings. The number of hydrogen-bond donors (Lipinski definition) is 1. The third kappa shape index (κ3) is 2.42. The number of rotatable bonds is 2. The first kappa shape index (κ1) is 11.7. The standard InChI is InChI=1S/C15H14N2O2/c18-15-14(16-10-11-6-2-1-3-7-11)12-8-4-5-9-13(12)19-17-15/h1-7H,8-10H2,(H,17,18). The Morgan fingerprint density at radius 1 is 1.16 bits per heavy atom. The van der Waals surface area contributed by atoms with Crippen molar-refractivity contribution in [2.75, 3.05) is 0 Å². The molecule has 19 heavy (non-hydrogen) atoms. The van der Waals surface area contributed by atoms with Gasteiger partial charge in [-0.25, -0.2) is 0 Å². The number of allylic oxidation sites excluding steroid dienone is 2. The molecule has 4 heteroatoms. The molecule has 1 heterocycles. The largest absolute Gasteiger partial charge is 0.383 e. The number of hydrogen-bond acceptors (Lipinski definition) is 3. The van der Waals surface area contributed by atoms with Crippen LogP contribution in [0.3, 0.4) is 0 Å². The van der Waals surface area contributed by atoms with E-state index in [1.165, 1.54) is 0 Å². The van der Waals surface area contributed by atoms with E-state index in [9.17, 15) is 4.79 Å². The number of H-pyrrole nitrogens is 1. The van der Waals surface area contributed by atoms with Gasteiger partial charge in [0.25, 0.3) is 0 Å². The van der Waals surface area contributed by atoms with Gasteiger partial charge in [0.2, 0.25) is 0 Å². The second kappa shape index (κ2) is 5.10. The zero-order valence-electron chi connectivity index (χ0n) is 10.4. The lowest BCUT2D eigenvalue weighted by molar-refractivity contribution is 0.351. The van der Waals surface area contributed by atoms with Gasteiger partial charge < -0.3 is 4.52 Å². The van der Waals surface area contributed by atoms with Gasteiger partial charge in [0, 0.05) is 12.0 Å². The SMILES string of the molecule is O=c1[nH]oc2c(c1=NCc1ccccc1)CC=CC2. The van der Waals surface area contributed by atoms with Crippen molar-refractivity contribution in [2.24, 2.45) is 4.99 Å². The summed E-state index contributed by atoms with van der Waals surface area (Å²) in [4.78, 5) is 16.3. The Bertz CT molecular complexity index is 724. The lowest BCUT2D eigenvalue weighted by Crippen LogP contribution is -2.33. The van der Waals surface area contributed by atoms with Gasteiger partial charge in [-0.1, -0.05) is 42.5 Å². The van der Waals surface area contributed by atoms with E-state index >= 15 is 0 Å². The van der Waals surface area contributed by atoms with Crippen molar-refractivity contribution >= 4 is 0 Å². The quantitative estimate of drug-likeness (QED) is 0.830. The number of aromatic amines is 1. The lowest BCUT2D eigenvalue weighted by atomic mass is 10.0. The summed E-state index contributed by atoms with van der Waals surface area (Å²) in [6.45, 7) is 0.504. The van der Waals surface area contributed by atoms with Crippen LogP contribution < -0.4 is 10.9 Å². The van der Waals surface area contributed by atoms with E-state index in [2.05, 4.69) is 10.1 Å². The fourth-order valence-electron chi connectivity index (χ4n) is 2.17. The minimum absolute atomic E-state index is 0.259. The molecule has 0 radical (unpaired) electrons. The van der Waals surface area contributed by atoms with Gasteiger partial charge >= 0.3 is 5.56 Å². The van der Waals surface area contributed by atoms with Crippen LogP contribution in [-0.4, -0.2) is 5.16 Å². The summed E-state index contributed by atoms with van der Waals surface area (Å²) in [6.07, 6.45) is 5.49. The average molecular weight is 254 g/mol. The molecule has 0 aliphatic heterocycles. The Morgan fingerprint density at radius 3 is 2.79 bits per heavy atom. The van der Waals surface area contributed by atoms with Gasteiger partial charge in [-0.15, -0.1) is 0 Å². The summed E-state index contributed by atoms with van der Waals surface area (Å²) >= 11 is 0. The first-order valence-electron chi connectivity index (χ1n) is 6.27. The van der Waals surface area contributed by atoms with E-state index in [-0.39, 0.29) is 5.56 Å². The summed E-state index contributed by atoms with van der Waals surface area (Å²) in [7, 11) is 0. The molecular weight excluding hydrogens is 240 g/mol. The highest BCUT2D eigenvalue weighted by Crippen LogP contribution is 2.10. The van der Waals surface area contributed by atoms with Crippen molar-refractivity contribution in [1.82, 2.24) is 5.16 Å². The van der Waals surface area contributed by atoms with Gasteiger partial charge in [-0.3, -0.25) is 9.79 Å². The first-order valence-corrected chi connectivity index (χ1v) is 6.27. The Morgan fingerprint density at radius 2 is 1.95 bits per heavy atom. The Balaban J connectivity index is 2.03. The highest BCUT2D eigenvalue weighted by Gasteiger charge is 2.12. The Hall–Kier alpha value is -2.36. The van der Waals surface area contributed by atoms with Crippen LogP contribution in [0.5, 0.6) is 0 Å². The molecule has 96 valence electrons. The van der Waals surface area contributed by atoms with Gasteiger partial charge in [-0.05, 0) is 12.0 Å². The minimum Gasteiger partial charge on any atom is -0.383 e. The second-order valence-corrected chi connectivity index (χ2v) is 4.47. The molecule has 0 saturated carbocycles. The normalized spacial score (nSPS) is 14.4. The van der Waals surface area contributed by atoms with Crippen LogP contribution in [0.1, 0.15) is 16.9 Å². The van der Waals surface area contributed by atoms with Gasteiger partial charge in [-0.2, -0.15) is 5.16 Å². The third-order valence-electron chi connectivity index (χ3n) is 3.16. The summed E-state index contributed by atoms with van der Waals surface area (Å²) in [5, 5.41) is 2.90. The monoisotopic (exact) mass is 254 g/mol. The molecule has 2 aromatic rings. The van der Waals surface area contributed by atoms with Crippen LogP contribution in [0.15, 0.2) is 56.8 Å². The molecule has 1 aliphatic carbocycles. The molecule has 1 aromatic carbocycles. The van der Waals surface area contributed by atoms with Crippen molar-refractivity contribution in [1.29, 1.82) is 0 Å². The Labute approximate surface area is 110 Å². The fourth-order valence-corrected chi connectivity index (χ4v) is 2.17. The van der Waals surface area contributed by atoms with Crippen molar-refractivity contribution < 1.29 is 4.52 Å². The van der Waals surface area contributed by atoms with Gasteiger partial charge in [0.15, 0.2) is 0 Å². The van der Waals surface area contributed by atoms with Crippen molar-refractivity contribution in [3.8, 4) is 0 Å². The molecule has 1 N–H and O–H groups in total. The molecular formula is C15H14N2O2. The molecule has 0 amide bonds. The van der Waals surface area contributed by atoms with Crippen molar-refractivity contribution in [3.63, 3.8) is 0 Å². The van der Waals surface area contributed by atoms with Gasteiger partial charge in [0.05, 0.1) is 6.54 Å².